The number of halogens is 3. The van der Waals surface area contributed by atoms with E-state index in [0.717, 1.165) is 30.4 Å². The summed E-state index contributed by atoms with van der Waals surface area (Å²) in [7, 11) is 0. The number of aliphatic hydroxyl groups is 1. The molecule has 0 aliphatic heterocycles. The molecule has 106 valence electrons. The zero-order valence-corrected chi connectivity index (χ0v) is 10.2. The van der Waals surface area contributed by atoms with Gasteiger partial charge >= 0.3 is 6.18 Å². The van der Waals surface area contributed by atoms with Gasteiger partial charge in [0.25, 0.3) is 0 Å². The fourth-order valence-electron chi connectivity index (χ4n) is 2.38. The molecular formula is C13H16F3NO2. The predicted octanol–water partition coefficient (Wildman–Crippen LogP) is 2.28. The molecule has 1 aliphatic carbocycles. The summed E-state index contributed by atoms with van der Waals surface area (Å²) >= 11 is 0. The van der Waals surface area contributed by atoms with Crippen molar-refractivity contribution in [3.8, 4) is 5.75 Å². The lowest BCUT2D eigenvalue weighted by Crippen LogP contribution is -2.40. The number of rotatable bonds is 3. The standard InChI is InChI=1S/C13H16F3NO2/c14-13(15,16)12(19)7-17-11-3-1-2-8-6-9(18)4-5-10(8)11/h4-6,11-12,17-19H,1-3,7H2. The molecule has 19 heavy (non-hydrogen) atoms. The second kappa shape index (κ2) is 5.38. The van der Waals surface area contributed by atoms with E-state index in [4.69, 9.17) is 5.11 Å². The summed E-state index contributed by atoms with van der Waals surface area (Å²) in [6.45, 7) is -0.519. The van der Waals surface area contributed by atoms with Gasteiger partial charge in [-0.3, -0.25) is 0 Å². The molecule has 0 saturated carbocycles. The maximum absolute atomic E-state index is 12.2. The number of hydrogen-bond acceptors (Lipinski definition) is 3. The third-order valence-corrected chi connectivity index (χ3v) is 3.38. The summed E-state index contributed by atoms with van der Waals surface area (Å²) in [5.74, 6) is 0.162. The minimum absolute atomic E-state index is 0.162. The third-order valence-electron chi connectivity index (χ3n) is 3.38. The highest BCUT2D eigenvalue weighted by Gasteiger charge is 2.38. The van der Waals surface area contributed by atoms with E-state index in [2.05, 4.69) is 5.32 Å². The Morgan fingerprint density at radius 2 is 2.11 bits per heavy atom. The highest BCUT2D eigenvalue weighted by molar-refractivity contribution is 5.38. The summed E-state index contributed by atoms with van der Waals surface area (Å²) in [6.07, 6.45) is -4.57. The number of phenols is 1. The van der Waals surface area contributed by atoms with Crippen LogP contribution in [0.1, 0.15) is 30.0 Å². The number of hydrogen-bond donors (Lipinski definition) is 3. The third kappa shape index (κ3) is 3.39. The molecule has 0 radical (unpaired) electrons. The number of aryl methyl sites for hydroxylation is 1. The summed E-state index contributed by atoms with van der Waals surface area (Å²) < 4.78 is 36.7. The van der Waals surface area contributed by atoms with Crippen molar-refractivity contribution in [1.29, 1.82) is 0 Å². The molecule has 0 aromatic heterocycles. The van der Waals surface area contributed by atoms with Gasteiger partial charge in [-0.2, -0.15) is 13.2 Å². The number of fused-ring (bicyclic) bond motifs is 1. The predicted molar refractivity (Wildman–Crippen MR) is 63.9 cm³/mol. The van der Waals surface area contributed by atoms with Crippen LogP contribution in [0.4, 0.5) is 13.2 Å². The van der Waals surface area contributed by atoms with E-state index in [0.29, 0.717) is 0 Å². The quantitative estimate of drug-likeness (QED) is 0.793. The Labute approximate surface area is 109 Å². The molecular weight excluding hydrogens is 259 g/mol. The molecule has 2 unspecified atom stereocenters. The highest BCUT2D eigenvalue weighted by atomic mass is 19.4. The van der Waals surface area contributed by atoms with E-state index in [1.54, 1.807) is 12.1 Å². The van der Waals surface area contributed by atoms with E-state index in [1.807, 2.05) is 0 Å². The molecule has 3 N–H and O–H groups in total. The average molecular weight is 275 g/mol. The van der Waals surface area contributed by atoms with Gasteiger partial charge in [0.1, 0.15) is 5.75 Å². The molecule has 1 aromatic carbocycles. The van der Waals surface area contributed by atoms with Gasteiger partial charge in [-0.25, -0.2) is 0 Å². The molecule has 0 heterocycles. The first-order valence-corrected chi connectivity index (χ1v) is 6.18. The molecule has 0 bridgehead atoms. The number of phenolic OH excluding ortho intramolecular Hbond substituents is 1. The van der Waals surface area contributed by atoms with Crippen molar-refractivity contribution in [1.82, 2.24) is 5.32 Å². The Balaban J connectivity index is 2.04. The Morgan fingerprint density at radius 1 is 1.37 bits per heavy atom. The number of benzene rings is 1. The van der Waals surface area contributed by atoms with Gasteiger partial charge in [0.05, 0.1) is 0 Å². The summed E-state index contributed by atoms with van der Waals surface area (Å²) in [4.78, 5) is 0. The molecule has 2 rings (SSSR count). The van der Waals surface area contributed by atoms with Crippen molar-refractivity contribution in [3.63, 3.8) is 0 Å². The molecule has 0 saturated heterocycles. The first-order chi connectivity index (χ1) is 8.88. The normalized spacial score (nSPS) is 20.9. The van der Waals surface area contributed by atoms with Crippen LogP contribution in [0.15, 0.2) is 18.2 Å². The minimum Gasteiger partial charge on any atom is -0.508 e. The number of aromatic hydroxyl groups is 1. The molecule has 0 spiro atoms. The Bertz CT molecular complexity index is 448. The van der Waals surface area contributed by atoms with Crippen molar-refractivity contribution >= 4 is 0 Å². The smallest absolute Gasteiger partial charge is 0.415 e. The van der Waals surface area contributed by atoms with Crippen molar-refractivity contribution in [2.45, 2.75) is 37.6 Å². The molecule has 1 aliphatic rings. The minimum atomic E-state index is -4.60. The lowest BCUT2D eigenvalue weighted by Gasteiger charge is -2.28. The molecule has 6 heteroatoms. The first kappa shape index (κ1) is 14.1. The molecule has 0 amide bonds. The first-order valence-electron chi connectivity index (χ1n) is 6.18. The maximum Gasteiger partial charge on any atom is 0.415 e. The SMILES string of the molecule is Oc1ccc2c(c1)CCCC2NCC(O)C(F)(F)F. The van der Waals surface area contributed by atoms with Crippen LogP contribution in [-0.4, -0.2) is 29.0 Å². The average Bonchev–Trinajstić information content (AvgIpc) is 2.34. The van der Waals surface area contributed by atoms with Crippen LogP contribution in [0.5, 0.6) is 5.75 Å². The van der Waals surface area contributed by atoms with E-state index in [1.165, 1.54) is 6.07 Å². The van der Waals surface area contributed by atoms with Gasteiger partial charge in [0.2, 0.25) is 0 Å². The molecule has 1 aromatic rings. The van der Waals surface area contributed by atoms with Gasteiger partial charge in [0.15, 0.2) is 6.10 Å². The topological polar surface area (TPSA) is 52.5 Å². The zero-order valence-electron chi connectivity index (χ0n) is 10.2. The Morgan fingerprint density at radius 3 is 2.79 bits per heavy atom. The second-order valence-electron chi connectivity index (χ2n) is 4.79. The highest BCUT2D eigenvalue weighted by Crippen LogP contribution is 2.32. The fourth-order valence-corrected chi connectivity index (χ4v) is 2.38. The Hall–Kier alpha value is -1.27. The van der Waals surface area contributed by atoms with E-state index in [9.17, 15) is 18.3 Å². The van der Waals surface area contributed by atoms with Crippen LogP contribution in [0.3, 0.4) is 0 Å². The van der Waals surface area contributed by atoms with E-state index < -0.39 is 18.8 Å². The van der Waals surface area contributed by atoms with E-state index >= 15 is 0 Å². The van der Waals surface area contributed by atoms with Crippen LogP contribution < -0.4 is 5.32 Å². The molecule has 2 atom stereocenters. The van der Waals surface area contributed by atoms with Crippen LogP contribution in [0, 0.1) is 0 Å². The van der Waals surface area contributed by atoms with Crippen molar-refractivity contribution in [3.05, 3.63) is 29.3 Å². The number of aliphatic hydroxyl groups excluding tert-OH is 1. The summed E-state index contributed by atoms with van der Waals surface area (Å²) in [5, 5.41) is 21.1. The largest absolute Gasteiger partial charge is 0.508 e. The lowest BCUT2D eigenvalue weighted by atomic mass is 9.87. The van der Waals surface area contributed by atoms with E-state index in [-0.39, 0.29) is 11.8 Å². The maximum atomic E-state index is 12.2. The van der Waals surface area contributed by atoms with Crippen LogP contribution >= 0.6 is 0 Å². The molecule has 3 nitrogen and oxygen atoms in total. The Kier molecular flexibility index (Phi) is 4.01. The summed E-state index contributed by atoms with van der Waals surface area (Å²) in [5.41, 5.74) is 1.85. The van der Waals surface area contributed by atoms with Crippen molar-refractivity contribution < 1.29 is 23.4 Å². The molecule has 0 fully saturated rings. The van der Waals surface area contributed by atoms with Gasteiger partial charge in [0, 0.05) is 12.6 Å². The van der Waals surface area contributed by atoms with Gasteiger partial charge in [-0.15, -0.1) is 0 Å². The second-order valence-corrected chi connectivity index (χ2v) is 4.79. The van der Waals surface area contributed by atoms with Gasteiger partial charge < -0.3 is 15.5 Å². The fraction of sp³-hybridized carbons (Fsp3) is 0.538. The van der Waals surface area contributed by atoms with Crippen LogP contribution in [-0.2, 0) is 6.42 Å². The number of nitrogens with one attached hydrogen (secondary N) is 1. The van der Waals surface area contributed by atoms with Crippen LogP contribution in [0.25, 0.3) is 0 Å². The monoisotopic (exact) mass is 275 g/mol. The summed E-state index contributed by atoms with van der Waals surface area (Å²) in [6, 6.07) is 4.69. The van der Waals surface area contributed by atoms with Gasteiger partial charge in [-0.05, 0) is 42.5 Å². The van der Waals surface area contributed by atoms with Gasteiger partial charge in [-0.1, -0.05) is 6.07 Å². The lowest BCUT2D eigenvalue weighted by molar-refractivity contribution is -0.202. The van der Waals surface area contributed by atoms with Crippen molar-refractivity contribution in [2.75, 3.05) is 6.54 Å². The van der Waals surface area contributed by atoms with Crippen molar-refractivity contribution in [2.24, 2.45) is 0 Å². The number of alkyl halides is 3. The zero-order chi connectivity index (χ0) is 14.0. The van der Waals surface area contributed by atoms with Crippen LogP contribution in [0.2, 0.25) is 0 Å².